The van der Waals surface area contributed by atoms with E-state index in [1.165, 1.54) is 0 Å². The van der Waals surface area contributed by atoms with Crippen molar-refractivity contribution in [1.82, 2.24) is 26.2 Å². The molecule has 102 valence electrons. The molecule has 0 aliphatic carbocycles. The maximum Gasteiger partial charge on any atom is 0.0107 e. The Kier molecular flexibility index (Phi) is 9.55. The highest BCUT2D eigenvalue weighted by atomic mass is 15.1. The smallest absolute Gasteiger partial charge is 0.0107 e. The van der Waals surface area contributed by atoms with E-state index in [9.17, 15) is 0 Å². The van der Waals surface area contributed by atoms with Crippen LogP contribution in [-0.4, -0.2) is 76.9 Å². The lowest BCUT2D eigenvalue weighted by atomic mass is 10.4. The molecule has 0 aromatic rings. The molecule has 0 bridgehead atoms. The van der Waals surface area contributed by atoms with Crippen LogP contribution in [0.1, 0.15) is 6.92 Å². The van der Waals surface area contributed by atoms with Crippen molar-refractivity contribution in [3.8, 4) is 0 Å². The highest BCUT2D eigenvalue weighted by Gasteiger charge is 2.01. The molecule has 0 spiro atoms. The third-order valence-corrected chi connectivity index (χ3v) is 3.09. The Bertz CT molecular complexity index is 149. The molecule has 4 N–H and O–H groups in total. The average Bonchev–Trinajstić information content (AvgIpc) is 2.36. The molecule has 0 amide bonds. The van der Waals surface area contributed by atoms with E-state index in [0.29, 0.717) is 0 Å². The standard InChI is InChI=1S/C12H29N5/c1-2-17-11-9-15-7-5-13-3-4-14-6-8-16-10-12-17/h13-16H,2-12H2,1H3. The summed E-state index contributed by atoms with van der Waals surface area (Å²) in [6.45, 7) is 14.2. The van der Waals surface area contributed by atoms with Gasteiger partial charge in [0.1, 0.15) is 0 Å². The fourth-order valence-corrected chi connectivity index (χ4v) is 1.93. The van der Waals surface area contributed by atoms with Gasteiger partial charge in [0.15, 0.2) is 0 Å². The largest absolute Gasteiger partial charge is 0.314 e. The monoisotopic (exact) mass is 243 g/mol. The first-order chi connectivity index (χ1) is 8.43. The molecule has 0 unspecified atom stereocenters. The van der Waals surface area contributed by atoms with Gasteiger partial charge in [-0.1, -0.05) is 6.92 Å². The lowest BCUT2D eigenvalue weighted by molar-refractivity contribution is 0.287. The van der Waals surface area contributed by atoms with Gasteiger partial charge in [-0.25, -0.2) is 0 Å². The number of hydrogen-bond acceptors (Lipinski definition) is 5. The first-order valence-electron chi connectivity index (χ1n) is 6.98. The molecule has 1 aliphatic rings. The van der Waals surface area contributed by atoms with Crippen LogP contribution in [0.25, 0.3) is 0 Å². The minimum atomic E-state index is 1.06. The zero-order valence-electron chi connectivity index (χ0n) is 11.2. The Labute approximate surface area is 106 Å². The summed E-state index contributed by atoms with van der Waals surface area (Å²) >= 11 is 0. The highest BCUT2D eigenvalue weighted by Crippen LogP contribution is 1.84. The third-order valence-electron chi connectivity index (χ3n) is 3.09. The summed E-state index contributed by atoms with van der Waals surface area (Å²) < 4.78 is 0. The summed E-state index contributed by atoms with van der Waals surface area (Å²) in [5, 5.41) is 13.8. The molecule has 0 atom stereocenters. The molecule has 5 nitrogen and oxygen atoms in total. The minimum absolute atomic E-state index is 1.06. The lowest BCUT2D eigenvalue weighted by Crippen LogP contribution is -2.38. The molecule has 0 saturated carbocycles. The van der Waals surface area contributed by atoms with Crippen molar-refractivity contribution in [3.05, 3.63) is 0 Å². The Hall–Kier alpha value is -0.200. The maximum atomic E-state index is 3.47. The summed E-state index contributed by atoms with van der Waals surface area (Å²) in [6, 6.07) is 0. The van der Waals surface area contributed by atoms with Gasteiger partial charge in [0.25, 0.3) is 0 Å². The van der Waals surface area contributed by atoms with Crippen LogP contribution < -0.4 is 21.3 Å². The quantitative estimate of drug-likeness (QED) is 0.460. The van der Waals surface area contributed by atoms with Crippen molar-refractivity contribution in [2.24, 2.45) is 0 Å². The van der Waals surface area contributed by atoms with Crippen LogP contribution in [-0.2, 0) is 0 Å². The molecular formula is C12H29N5. The number of nitrogens with zero attached hydrogens (tertiary/aromatic N) is 1. The molecule has 1 fully saturated rings. The first kappa shape index (κ1) is 14.9. The molecule has 0 aromatic carbocycles. The summed E-state index contributed by atoms with van der Waals surface area (Å²) in [6.07, 6.45) is 0. The Morgan fingerprint density at radius 2 is 1.00 bits per heavy atom. The third kappa shape index (κ3) is 8.51. The fraction of sp³-hybridized carbons (Fsp3) is 1.00. The number of nitrogens with one attached hydrogen (secondary N) is 4. The van der Waals surface area contributed by atoms with E-state index >= 15 is 0 Å². The van der Waals surface area contributed by atoms with E-state index in [4.69, 9.17) is 0 Å². The van der Waals surface area contributed by atoms with Crippen LogP contribution in [0.2, 0.25) is 0 Å². The van der Waals surface area contributed by atoms with Crippen molar-refractivity contribution in [1.29, 1.82) is 0 Å². The molecule has 1 heterocycles. The average molecular weight is 243 g/mol. The zero-order chi connectivity index (χ0) is 12.2. The van der Waals surface area contributed by atoms with Crippen LogP contribution >= 0.6 is 0 Å². The van der Waals surface area contributed by atoms with Gasteiger partial charge < -0.3 is 26.2 Å². The van der Waals surface area contributed by atoms with E-state index < -0.39 is 0 Å². The summed E-state index contributed by atoms with van der Waals surface area (Å²) in [5.41, 5.74) is 0. The fourth-order valence-electron chi connectivity index (χ4n) is 1.93. The minimum Gasteiger partial charge on any atom is -0.314 e. The van der Waals surface area contributed by atoms with E-state index in [1.807, 2.05) is 0 Å². The van der Waals surface area contributed by atoms with Gasteiger partial charge in [-0.2, -0.15) is 0 Å². The van der Waals surface area contributed by atoms with E-state index in [1.54, 1.807) is 0 Å². The van der Waals surface area contributed by atoms with Gasteiger partial charge >= 0.3 is 0 Å². The molecule has 0 aromatic heterocycles. The van der Waals surface area contributed by atoms with Gasteiger partial charge in [-0.15, -0.1) is 0 Å². The summed E-state index contributed by atoms with van der Waals surface area (Å²) in [4.78, 5) is 2.49. The molecule has 1 aliphatic heterocycles. The van der Waals surface area contributed by atoms with Crippen LogP contribution in [0, 0.1) is 0 Å². The topological polar surface area (TPSA) is 51.4 Å². The number of rotatable bonds is 1. The molecule has 1 saturated heterocycles. The van der Waals surface area contributed by atoms with Crippen LogP contribution in [0.15, 0.2) is 0 Å². The van der Waals surface area contributed by atoms with E-state index in [0.717, 1.165) is 72.0 Å². The molecule has 5 heteroatoms. The molecule has 17 heavy (non-hydrogen) atoms. The molecule has 1 rings (SSSR count). The van der Waals surface area contributed by atoms with Crippen LogP contribution in [0.5, 0.6) is 0 Å². The Morgan fingerprint density at radius 1 is 0.647 bits per heavy atom. The first-order valence-corrected chi connectivity index (χ1v) is 6.98. The van der Waals surface area contributed by atoms with Crippen molar-refractivity contribution in [3.63, 3.8) is 0 Å². The van der Waals surface area contributed by atoms with Crippen molar-refractivity contribution >= 4 is 0 Å². The van der Waals surface area contributed by atoms with Crippen LogP contribution in [0.4, 0.5) is 0 Å². The van der Waals surface area contributed by atoms with Crippen LogP contribution in [0.3, 0.4) is 0 Å². The van der Waals surface area contributed by atoms with Crippen molar-refractivity contribution in [2.45, 2.75) is 6.92 Å². The van der Waals surface area contributed by atoms with E-state index in [-0.39, 0.29) is 0 Å². The van der Waals surface area contributed by atoms with Gasteiger partial charge in [0.2, 0.25) is 0 Å². The molecular weight excluding hydrogens is 214 g/mol. The lowest BCUT2D eigenvalue weighted by Gasteiger charge is -2.20. The maximum absolute atomic E-state index is 3.47. The van der Waals surface area contributed by atoms with Crippen molar-refractivity contribution < 1.29 is 0 Å². The van der Waals surface area contributed by atoms with Gasteiger partial charge in [-0.05, 0) is 6.54 Å². The van der Waals surface area contributed by atoms with E-state index in [2.05, 4.69) is 33.1 Å². The second-order valence-corrected chi connectivity index (χ2v) is 4.43. The second kappa shape index (κ2) is 10.9. The zero-order valence-corrected chi connectivity index (χ0v) is 11.2. The Morgan fingerprint density at radius 3 is 1.35 bits per heavy atom. The highest BCUT2D eigenvalue weighted by molar-refractivity contribution is 4.63. The second-order valence-electron chi connectivity index (χ2n) is 4.43. The Balaban J connectivity index is 2.16. The predicted molar refractivity (Wildman–Crippen MR) is 73.6 cm³/mol. The number of likely N-dealkylation sites (N-methyl/N-ethyl adjacent to an activating group) is 1. The predicted octanol–water partition coefficient (Wildman–Crippen LogP) is -1.32. The summed E-state index contributed by atoms with van der Waals surface area (Å²) in [5.74, 6) is 0. The molecule has 0 radical (unpaired) electrons. The van der Waals surface area contributed by atoms with Gasteiger partial charge in [0, 0.05) is 65.4 Å². The summed E-state index contributed by atoms with van der Waals surface area (Å²) in [7, 11) is 0. The number of hydrogen-bond donors (Lipinski definition) is 4. The van der Waals surface area contributed by atoms with Crippen molar-refractivity contribution in [2.75, 3.05) is 72.0 Å². The van der Waals surface area contributed by atoms with Gasteiger partial charge in [0.05, 0.1) is 0 Å². The van der Waals surface area contributed by atoms with Gasteiger partial charge in [-0.3, -0.25) is 0 Å². The normalized spacial score (nSPS) is 23.8. The SMILES string of the molecule is CCN1CCNCCNCCNCCNCC1.